The zero-order valence-corrected chi connectivity index (χ0v) is 11.0. The minimum absolute atomic E-state index is 0.00941. The van der Waals surface area contributed by atoms with Crippen LogP contribution in [0.1, 0.15) is 34.7 Å². The molecule has 0 saturated carbocycles. The zero-order valence-electron chi connectivity index (χ0n) is 11.0. The van der Waals surface area contributed by atoms with E-state index in [1.165, 1.54) is 24.5 Å². The van der Waals surface area contributed by atoms with E-state index in [1.54, 1.807) is 13.8 Å². The second kappa shape index (κ2) is 5.47. The Labute approximate surface area is 114 Å². The van der Waals surface area contributed by atoms with E-state index in [0.717, 1.165) is 0 Å². The van der Waals surface area contributed by atoms with Gasteiger partial charge >= 0.3 is 0 Å². The van der Waals surface area contributed by atoms with E-state index in [2.05, 4.69) is 20.5 Å². The minimum Gasteiger partial charge on any atom is -0.342 e. The van der Waals surface area contributed by atoms with E-state index in [-0.39, 0.29) is 17.6 Å². The van der Waals surface area contributed by atoms with E-state index in [4.69, 9.17) is 0 Å². The maximum atomic E-state index is 12.0. The first kappa shape index (κ1) is 13.7. The molecule has 1 heterocycles. The molecule has 0 fully saturated rings. The van der Waals surface area contributed by atoms with Crippen LogP contribution in [0.4, 0.5) is 5.69 Å². The number of nitrogens with zero attached hydrogens (tertiary/aromatic N) is 3. The molecule has 20 heavy (non-hydrogen) atoms. The summed E-state index contributed by atoms with van der Waals surface area (Å²) >= 11 is 0. The van der Waals surface area contributed by atoms with Crippen LogP contribution in [0.5, 0.6) is 0 Å². The van der Waals surface area contributed by atoms with Crippen LogP contribution in [0.25, 0.3) is 0 Å². The molecule has 0 aliphatic heterocycles. The fraction of sp³-hybridized carbons (Fsp3) is 0.250. The number of H-pyrrole nitrogens is 1. The predicted octanol–water partition coefficient (Wildman–Crippen LogP) is 1.51. The molecule has 104 valence electrons. The molecule has 2 aromatic rings. The summed E-state index contributed by atoms with van der Waals surface area (Å²) < 4.78 is 0. The first-order valence-electron chi connectivity index (χ1n) is 5.90. The Morgan fingerprint density at radius 3 is 2.80 bits per heavy atom. The van der Waals surface area contributed by atoms with Crippen molar-refractivity contribution >= 4 is 11.6 Å². The SMILES string of the molecule is Cc1cc(C(=O)NC(C)c2ncn[nH]2)ccc1[N+](=O)[O-]. The van der Waals surface area contributed by atoms with Crippen molar-refractivity contribution in [1.29, 1.82) is 0 Å². The summed E-state index contributed by atoms with van der Waals surface area (Å²) in [5.41, 5.74) is 0.791. The highest BCUT2D eigenvalue weighted by Gasteiger charge is 2.16. The highest BCUT2D eigenvalue weighted by Crippen LogP contribution is 2.19. The zero-order chi connectivity index (χ0) is 14.7. The molecule has 1 aromatic carbocycles. The van der Waals surface area contributed by atoms with E-state index in [9.17, 15) is 14.9 Å². The molecule has 2 rings (SSSR count). The summed E-state index contributed by atoms with van der Waals surface area (Å²) in [5.74, 6) is 0.212. The van der Waals surface area contributed by atoms with E-state index in [1.807, 2.05) is 0 Å². The van der Waals surface area contributed by atoms with Gasteiger partial charge in [-0.25, -0.2) is 4.98 Å². The van der Waals surface area contributed by atoms with Gasteiger partial charge in [-0.1, -0.05) is 0 Å². The van der Waals surface area contributed by atoms with Crippen LogP contribution in [-0.2, 0) is 0 Å². The van der Waals surface area contributed by atoms with Gasteiger partial charge in [-0.15, -0.1) is 0 Å². The molecule has 1 aromatic heterocycles. The van der Waals surface area contributed by atoms with Crippen molar-refractivity contribution in [1.82, 2.24) is 20.5 Å². The van der Waals surface area contributed by atoms with Crippen molar-refractivity contribution in [3.8, 4) is 0 Å². The molecule has 1 amide bonds. The normalized spacial score (nSPS) is 11.9. The number of aryl methyl sites for hydroxylation is 1. The van der Waals surface area contributed by atoms with Crippen LogP contribution in [0.15, 0.2) is 24.5 Å². The summed E-state index contributed by atoms with van der Waals surface area (Å²) in [4.78, 5) is 26.2. The summed E-state index contributed by atoms with van der Waals surface area (Å²) in [6.45, 7) is 3.35. The Morgan fingerprint density at radius 1 is 1.50 bits per heavy atom. The van der Waals surface area contributed by atoms with Gasteiger partial charge in [0.25, 0.3) is 11.6 Å². The van der Waals surface area contributed by atoms with Gasteiger partial charge in [0.2, 0.25) is 0 Å². The van der Waals surface area contributed by atoms with Crippen LogP contribution in [-0.4, -0.2) is 26.0 Å². The van der Waals surface area contributed by atoms with Crippen LogP contribution in [0.2, 0.25) is 0 Å². The van der Waals surface area contributed by atoms with E-state index < -0.39 is 4.92 Å². The highest BCUT2D eigenvalue weighted by molar-refractivity contribution is 5.94. The van der Waals surface area contributed by atoms with E-state index >= 15 is 0 Å². The average Bonchev–Trinajstić information content (AvgIpc) is 2.91. The highest BCUT2D eigenvalue weighted by atomic mass is 16.6. The Balaban J connectivity index is 2.14. The van der Waals surface area contributed by atoms with Gasteiger partial charge in [0.1, 0.15) is 12.2 Å². The van der Waals surface area contributed by atoms with Crippen molar-refractivity contribution < 1.29 is 9.72 Å². The monoisotopic (exact) mass is 275 g/mol. The smallest absolute Gasteiger partial charge is 0.272 e. The van der Waals surface area contributed by atoms with Crippen molar-refractivity contribution in [2.24, 2.45) is 0 Å². The molecule has 0 spiro atoms. The number of hydrogen-bond donors (Lipinski definition) is 2. The van der Waals surface area contributed by atoms with Crippen LogP contribution >= 0.6 is 0 Å². The first-order valence-corrected chi connectivity index (χ1v) is 5.90. The lowest BCUT2D eigenvalue weighted by Gasteiger charge is -2.11. The summed E-state index contributed by atoms with van der Waals surface area (Å²) in [7, 11) is 0. The number of rotatable bonds is 4. The number of nitro groups is 1. The molecule has 8 nitrogen and oxygen atoms in total. The minimum atomic E-state index is -0.478. The van der Waals surface area contributed by atoms with Crippen molar-refractivity contribution in [2.45, 2.75) is 19.9 Å². The molecule has 0 aliphatic carbocycles. The Kier molecular flexibility index (Phi) is 3.74. The number of carbonyl (C=O) groups is 1. The molecule has 0 radical (unpaired) electrons. The third kappa shape index (κ3) is 2.79. The number of benzene rings is 1. The predicted molar refractivity (Wildman–Crippen MR) is 70.1 cm³/mol. The third-order valence-electron chi connectivity index (χ3n) is 2.85. The molecule has 2 N–H and O–H groups in total. The number of nitro benzene ring substituents is 1. The first-order chi connectivity index (χ1) is 9.49. The molecule has 1 atom stereocenters. The van der Waals surface area contributed by atoms with Crippen LogP contribution in [0.3, 0.4) is 0 Å². The lowest BCUT2D eigenvalue weighted by Crippen LogP contribution is -2.27. The molecular formula is C12H13N5O3. The lowest BCUT2D eigenvalue weighted by atomic mass is 10.1. The Hall–Kier alpha value is -2.77. The van der Waals surface area contributed by atoms with Crippen LogP contribution < -0.4 is 5.32 Å². The van der Waals surface area contributed by atoms with Crippen molar-refractivity contribution in [2.75, 3.05) is 0 Å². The van der Waals surface area contributed by atoms with Gasteiger partial charge in [0, 0.05) is 17.2 Å². The standard InChI is InChI=1S/C12H13N5O3/c1-7-5-9(3-4-10(7)17(19)20)12(18)15-8(2)11-13-6-14-16-11/h3-6,8H,1-2H3,(H,15,18)(H,13,14,16). The van der Waals surface area contributed by atoms with Crippen molar-refractivity contribution in [3.63, 3.8) is 0 Å². The summed E-state index contributed by atoms with van der Waals surface area (Å²) in [6.07, 6.45) is 1.36. The Bertz CT molecular complexity index is 639. The molecular weight excluding hydrogens is 262 g/mol. The van der Waals surface area contributed by atoms with Gasteiger partial charge in [-0.2, -0.15) is 5.10 Å². The molecule has 0 bridgehead atoms. The molecule has 8 heteroatoms. The average molecular weight is 275 g/mol. The van der Waals surface area contributed by atoms with Gasteiger partial charge in [-0.3, -0.25) is 20.0 Å². The van der Waals surface area contributed by atoms with Gasteiger partial charge < -0.3 is 5.32 Å². The second-order valence-corrected chi connectivity index (χ2v) is 4.32. The number of amides is 1. The number of aromatic nitrogens is 3. The fourth-order valence-electron chi connectivity index (χ4n) is 1.77. The van der Waals surface area contributed by atoms with Gasteiger partial charge in [-0.05, 0) is 26.0 Å². The fourth-order valence-corrected chi connectivity index (χ4v) is 1.77. The second-order valence-electron chi connectivity index (χ2n) is 4.32. The number of hydrogen-bond acceptors (Lipinski definition) is 5. The summed E-state index contributed by atoms with van der Waals surface area (Å²) in [6, 6.07) is 3.90. The lowest BCUT2D eigenvalue weighted by molar-refractivity contribution is -0.385. The molecule has 1 unspecified atom stereocenters. The van der Waals surface area contributed by atoms with E-state index in [0.29, 0.717) is 17.0 Å². The number of aromatic amines is 1. The molecule has 0 aliphatic rings. The van der Waals surface area contributed by atoms with Crippen LogP contribution in [0, 0.1) is 17.0 Å². The maximum Gasteiger partial charge on any atom is 0.272 e. The van der Waals surface area contributed by atoms with Gasteiger partial charge in [0.05, 0.1) is 11.0 Å². The van der Waals surface area contributed by atoms with Crippen molar-refractivity contribution in [3.05, 3.63) is 51.6 Å². The summed E-state index contributed by atoms with van der Waals surface area (Å²) in [5, 5.41) is 19.8. The molecule has 0 saturated heterocycles. The number of nitrogens with one attached hydrogen (secondary N) is 2. The quantitative estimate of drug-likeness (QED) is 0.648. The third-order valence-corrected chi connectivity index (χ3v) is 2.85. The van der Waals surface area contributed by atoms with Gasteiger partial charge in [0.15, 0.2) is 0 Å². The number of carbonyl (C=O) groups excluding carboxylic acids is 1. The Morgan fingerprint density at radius 2 is 2.25 bits per heavy atom. The maximum absolute atomic E-state index is 12.0. The largest absolute Gasteiger partial charge is 0.342 e. The topological polar surface area (TPSA) is 114 Å².